The Balaban J connectivity index is 2.35. The van der Waals surface area contributed by atoms with E-state index in [1.807, 2.05) is 0 Å². The van der Waals surface area contributed by atoms with Crippen LogP contribution in [0.2, 0.25) is 0 Å². The first kappa shape index (κ1) is 54.6. The zero-order valence-corrected chi connectivity index (χ0v) is 36.9. The van der Waals surface area contributed by atoms with E-state index < -0.39 is 43.4 Å². The molecule has 0 amide bonds. The van der Waals surface area contributed by atoms with Crippen molar-refractivity contribution in [3.8, 4) is 0 Å². The normalized spacial score (nSPS) is 21.2. The topological polar surface area (TPSA) is 135 Å². The zero-order chi connectivity index (χ0) is 43.6. The molecule has 0 aliphatic carbocycles. The van der Waals surface area contributed by atoms with E-state index in [1.165, 1.54) is 0 Å². The van der Waals surface area contributed by atoms with Crippen molar-refractivity contribution in [2.75, 3.05) is 26.4 Å². The molecular weight excluding hydrogens is 757 g/mol. The van der Waals surface area contributed by atoms with Gasteiger partial charge < -0.3 is 39.4 Å². The standard InChI is InChI=1S/C51H80O9/c1-3-5-7-9-11-13-15-17-19-21-22-23-25-27-29-31-33-35-37-39-41-57-43-45(44-58-51-50(56)49(55)48(54)46(42-52)60-51)59-47(53)40-38-36-34-32-30-28-26-24-20-18-16-14-12-10-8-6-4-2/h5-8,11-14,17-20,22-23,26-29,32,34,45-46,48-52,54-56H,3-4,9-10,15-16,21,24-25,30-31,33,35-44H2,1-2H3/b7-5-,8-6-,13-11-,14-12-,19-17-,20-18-,23-22-,28-26-,29-27-,34-32-. The van der Waals surface area contributed by atoms with Crippen LogP contribution < -0.4 is 0 Å². The zero-order valence-electron chi connectivity index (χ0n) is 36.9. The van der Waals surface area contributed by atoms with Gasteiger partial charge in [0.15, 0.2) is 6.29 Å². The Labute approximate surface area is 363 Å². The second-order valence-electron chi connectivity index (χ2n) is 14.7. The molecule has 1 saturated heterocycles. The molecule has 1 aliphatic heterocycles. The van der Waals surface area contributed by atoms with Gasteiger partial charge in [0.25, 0.3) is 0 Å². The summed E-state index contributed by atoms with van der Waals surface area (Å²) in [5, 5.41) is 40.1. The van der Waals surface area contributed by atoms with Gasteiger partial charge >= 0.3 is 5.97 Å². The van der Waals surface area contributed by atoms with Gasteiger partial charge in [-0.15, -0.1) is 0 Å². The Morgan fingerprint density at radius 1 is 0.533 bits per heavy atom. The van der Waals surface area contributed by atoms with Crippen molar-refractivity contribution in [1.29, 1.82) is 0 Å². The summed E-state index contributed by atoms with van der Waals surface area (Å²) in [6, 6.07) is 0. The predicted octanol–water partition coefficient (Wildman–Crippen LogP) is 10.4. The largest absolute Gasteiger partial charge is 0.457 e. The van der Waals surface area contributed by atoms with Gasteiger partial charge in [0, 0.05) is 13.0 Å². The minimum absolute atomic E-state index is 0.0952. The van der Waals surface area contributed by atoms with Gasteiger partial charge in [0.2, 0.25) is 0 Å². The third kappa shape index (κ3) is 31.5. The van der Waals surface area contributed by atoms with E-state index in [4.69, 9.17) is 18.9 Å². The van der Waals surface area contributed by atoms with Crippen molar-refractivity contribution in [1.82, 2.24) is 0 Å². The Morgan fingerprint density at radius 3 is 1.43 bits per heavy atom. The van der Waals surface area contributed by atoms with Crippen LogP contribution in [0.1, 0.15) is 129 Å². The van der Waals surface area contributed by atoms with Crippen LogP contribution in [0.3, 0.4) is 0 Å². The van der Waals surface area contributed by atoms with Crippen LogP contribution in [0.5, 0.6) is 0 Å². The number of unbranched alkanes of at least 4 members (excludes halogenated alkanes) is 5. The van der Waals surface area contributed by atoms with Crippen LogP contribution in [0.25, 0.3) is 0 Å². The van der Waals surface area contributed by atoms with E-state index in [0.29, 0.717) is 13.0 Å². The molecule has 9 nitrogen and oxygen atoms in total. The van der Waals surface area contributed by atoms with Gasteiger partial charge in [-0.25, -0.2) is 0 Å². The van der Waals surface area contributed by atoms with E-state index in [0.717, 1.165) is 103 Å². The summed E-state index contributed by atoms with van der Waals surface area (Å²) in [4.78, 5) is 12.8. The number of aliphatic hydroxyl groups excluding tert-OH is 4. The molecule has 60 heavy (non-hydrogen) atoms. The lowest BCUT2D eigenvalue weighted by Gasteiger charge is -2.39. The predicted molar refractivity (Wildman–Crippen MR) is 246 cm³/mol. The van der Waals surface area contributed by atoms with Gasteiger partial charge in [0.05, 0.1) is 19.8 Å². The molecule has 0 aromatic heterocycles. The molecule has 4 N–H and O–H groups in total. The number of allylic oxidation sites excluding steroid dienone is 20. The number of hydrogen-bond donors (Lipinski definition) is 4. The van der Waals surface area contributed by atoms with Gasteiger partial charge in [-0.05, 0) is 96.3 Å². The fourth-order valence-electron chi connectivity index (χ4n) is 5.90. The third-order valence-corrected chi connectivity index (χ3v) is 9.37. The minimum atomic E-state index is -1.56. The highest BCUT2D eigenvalue weighted by Gasteiger charge is 2.44. The smallest absolute Gasteiger partial charge is 0.306 e. The number of rotatable bonds is 36. The van der Waals surface area contributed by atoms with Crippen LogP contribution in [0, 0.1) is 0 Å². The lowest BCUT2D eigenvalue weighted by molar-refractivity contribution is -0.305. The molecule has 0 radical (unpaired) electrons. The van der Waals surface area contributed by atoms with E-state index in [9.17, 15) is 25.2 Å². The Hall–Kier alpha value is -3.41. The molecule has 6 atom stereocenters. The molecule has 0 spiro atoms. The van der Waals surface area contributed by atoms with Crippen molar-refractivity contribution in [3.05, 3.63) is 122 Å². The summed E-state index contributed by atoms with van der Waals surface area (Å²) >= 11 is 0. The van der Waals surface area contributed by atoms with Gasteiger partial charge in [-0.2, -0.15) is 0 Å². The maximum atomic E-state index is 12.8. The van der Waals surface area contributed by atoms with Crippen molar-refractivity contribution in [2.45, 2.75) is 166 Å². The van der Waals surface area contributed by atoms with Gasteiger partial charge in [-0.1, -0.05) is 148 Å². The second-order valence-corrected chi connectivity index (χ2v) is 14.7. The average Bonchev–Trinajstić information content (AvgIpc) is 3.25. The SMILES string of the molecule is CC/C=C\C/C=C\C/C=C\C/C=C\C/C=C\CCCCCCOCC(COC1OC(CO)C(O)C(O)C1O)OC(=O)CCC/C=C\C/C=C\C/C=C\C/C=C\C/C=C\CC. The molecule has 1 heterocycles. The third-order valence-electron chi connectivity index (χ3n) is 9.37. The molecule has 0 saturated carbocycles. The molecule has 6 unspecified atom stereocenters. The minimum Gasteiger partial charge on any atom is -0.457 e. The number of esters is 1. The summed E-state index contributed by atoms with van der Waals surface area (Å²) in [6.07, 6.45) is 52.3. The lowest BCUT2D eigenvalue weighted by atomic mass is 9.99. The summed E-state index contributed by atoms with van der Waals surface area (Å²) in [6.45, 7) is 4.16. The molecule has 0 bridgehead atoms. The fourth-order valence-corrected chi connectivity index (χ4v) is 5.90. The van der Waals surface area contributed by atoms with Gasteiger partial charge in [0.1, 0.15) is 30.5 Å². The quantitative estimate of drug-likeness (QED) is 0.0276. The van der Waals surface area contributed by atoms with E-state index in [-0.39, 0.29) is 25.6 Å². The summed E-state index contributed by atoms with van der Waals surface area (Å²) < 4.78 is 22.7. The van der Waals surface area contributed by atoms with E-state index >= 15 is 0 Å². The molecule has 338 valence electrons. The van der Waals surface area contributed by atoms with Crippen LogP contribution in [0.4, 0.5) is 0 Å². The van der Waals surface area contributed by atoms with Crippen LogP contribution in [-0.2, 0) is 23.7 Å². The highest BCUT2D eigenvalue weighted by atomic mass is 16.7. The first-order valence-corrected chi connectivity index (χ1v) is 22.6. The summed E-state index contributed by atoms with van der Waals surface area (Å²) in [5.41, 5.74) is 0. The van der Waals surface area contributed by atoms with Crippen LogP contribution >= 0.6 is 0 Å². The Morgan fingerprint density at radius 2 is 0.967 bits per heavy atom. The number of carbonyl (C=O) groups excluding carboxylic acids is 1. The number of aliphatic hydroxyl groups is 4. The van der Waals surface area contributed by atoms with Crippen LogP contribution in [0.15, 0.2) is 122 Å². The monoisotopic (exact) mass is 837 g/mol. The molecule has 1 rings (SSSR count). The van der Waals surface area contributed by atoms with E-state index in [1.54, 1.807) is 0 Å². The molecular formula is C51H80O9. The lowest BCUT2D eigenvalue weighted by Crippen LogP contribution is -2.59. The molecule has 9 heteroatoms. The number of hydrogen-bond acceptors (Lipinski definition) is 9. The molecule has 1 fully saturated rings. The summed E-state index contributed by atoms with van der Waals surface area (Å²) in [5.74, 6) is -0.386. The first-order chi connectivity index (χ1) is 29.4. The second kappa shape index (κ2) is 41.0. The first-order valence-electron chi connectivity index (χ1n) is 22.6. The Bertz CT molecular complexity index is 1320. The molecule has 1 aliphatic rings. The average molecular weight is 837 g/mol. The van der Waals surface area contributed by atoms with Crippen molar-refractivity contribution < 1.29 is 44.2 Å². The van der Waals surface area contributed by atoms with Crippen molar-refractivity contribution in [3.63, 3.8) is 0 Å². The maximum absolute atomic E-state index is 12.8. The number of ether oxygens (including phenoxy) is 4. The highest BCUT2D eigenvalue weighted by molar-refractivity contribution is 5.69. The summed E-state index contributed by atoms with van der Waals surface area (Å²) in [7, 11) is 0. The van der Waals surface area contributed by atoms with Crippen LogP contribution in [-0.4, -0.2) is 89.6 Å². The highest BCUT2D eigenvalue weighted by Crippen LogP contribution is 2.22. The van der Waals surface area contributed by atoms with Crippen molar-refractivity contribution >= 4 is 5.97 Å². The van der Waals surface area contributed by atoms with Crippen molar-refractivity contribution in [2.24, 2.45) is 0 Å². The number of carbonyl (C=O) groups is 1. The van der Waals surface area contributed by atoms with E-state index in [2.05, 4.69) is 135 Å². The van der Waals surface area contributed by atoms with Gasteiger partial charge in [-0.3, -0.25) is 4.79 Å². The Kier molecular flexibility index (Phi) is 37.3. The molecule has 0 aromatic rings. The maximum Gasteiger partial charge on any atom is 0.306 e. The fraction of sp³-hybridized carbons (Fsp3) is 0.588. The molecule has 0 aromatic carbocycles.